The van der Waals surface area contributed by atoms with Crippen molar-refractivity contribution < 1.29 is 22.3 Å². The molecule has 1 N–H and O–H groups in total. The number of fused-ring (bicyclic) bond motifs is 1. The number of rotatable bonds is 3. The zero-order chi connectivity index (χ0) is 17.4. The zero-order valence-electron chi connectivity index (χ0n) is 12.4. The molecule has 2 heterocycles. The van der Waals surface area contributed by atoms with Crippen LogP contribution in [0.4, 0.5) is 17.6 Å². The van der Waals surface area contributed by atoms with E-state index in [4.69, 9.17) is 16.3 Å². The van der Waals surface area contributed by atoms with E-state index in [2.05, 4.69) is 15.3 Å². The van der Waals surface area contributed by atoms with E-state index >= 15 is 0 Å². The van der Waals surface area contributed by atoms with Gasteiger partial charge in [0, 0.05) is 0 Å². The number of hydrogen-bond acceptors (Lipinski definition) is 4. The average Bonchev–Trinajstić information content (AvgIpc) is 2.52. The second-order valence-corrected chi connectivity index (χ2v) is 5.99. The Kier molecular flexibility index (Phi) is 4.52. The first-order chi connectivity index (χ1) is 11.3. The molecule has 4 nitrogen and oxygen atoms in total. The molecular formula is C15H14ClF4N3O. The molecule has 1 atom stereocenters. The number of ether oxygens (including phenoxy) is 1. The Hall–Kier alpha value is -1.67. The molecule has 0 spiro atoms. The van der Waals surface area contributed by atoms with Crippen LogP contribution in [-0.2, 0) is 0 Å². The first kappa shape index (κ1) is 17.2. The van der Waals surface area contributed by atoms with Gasteiger partial charge >= 0.3 is 6.18 Å². The largest absolute Gasteiger partial charge is 0.459 e. The standard InChI is InChI=1S/C15H14ClF4N3O/c16-11-12(23-10-4-2-1-3-9(10)22-11)24-13(15(18,19)20)14(17)5-7-21-8-6-14/h1-4,13,21H,5-8H2. The summed E-state index contributed by atoms with van der Waals surface area (Å²) in [7, 11) is 0. The maximum atomic E-state index is 14.9. The highest BCUT2D eigenvalue weighted by molar-refractivity contribution is 6.31. The topological polar surface area (TPSA) is 47.0 Å². The molecule has 3 rings (SSSR count). The van der Waals surface area contributed by atoms with Gasteiger partial charge in [0.05, 0.1) is 11.0 Å². The first-order valence-electron chi connectivity index (χ1n) is 7.35. The van der Waals surface area contributed by atoms with Crippen LogP contribution in [0.2, 0.25) is 5.15 Å². The average molecular weight is 364 g/mol. The summed E-state index contributed by atoms with van der Waals surface area (Å²) in [6, 6.07) is 6.52. The summed E-state index contributed by atoms with van der Waals surface area (Å²) >= 11 is 5.88. The van der Waals surface area contributed by atoms with Crippen molar-refractivity contribution in [2.75, 3.05) is 13.1 Å². The van der Waals surface area contributed by atoms with E-state index in [9.17, 15) is 17.6 Å². The van der Waals surface area contributed by atoms with E-state index in [1.807, 2.05) is 0 Å². The number of nitrogens with zero attached hydrogens (tertiary/aromatic N) is 2. The van der Waals surface area contributed by atoms with Crippen LogP contribution in [-0.4, -0.2) is 41.0 Å². The summed E-state index contributed by atoms with van der Waals surface area (Å²) in [6.07, 6.45) is -8.17. The van der Waals surface area contributed by atoms with Crippen LogP contribution in [0, 0.1) is 0 Å². The Labute approximate surface area is 140 Å². The van der Waals surface area contributed by atoms with Crippen LogP contribution in [0.15, 0.2) is 24.3 Å². The van der Waals surface area contributed by atoms with Gasteiger partial charge in [-0.2, -0.15) is 13.2 Å². The zero-order valence-corrected chi connectivity index (χ0v) is 13.2. The fraction of sp³-hybridized carbons (Fsp3) is 0.467. The third-order valence-corrected chi connectivity index (χ3v) is 4.18. The summed E-state index contributed by atoms with van der Waals surface area (Å²) < 4.78 is 60.0. The molecule has 0 aliphatic carbocycles. The predicted molar refractivity (Wildman–Crippen MR) is 81.0 cm³/mol. The van der Waals surface area contributed by atoms with Crippen LogP contribution in [0.5, 0.6) is 5.88 Å². The summed E-state index contributed by atoms with van der Waals surface area (Å²) in [4.78, 5) is 7.91. The fourth-order valence-electron chi connectivity index (χ4n) is 2.72. The highest BCUT2D eigenvalue weighted by Crippen LogP contribution is 2.40. The Morgan fingerprint density at radius 2 is 1.71 bits per heavy atom. The third-order valence-electron chi connectivity index (χ3n) is 3.93. The number of piperidine rings is 1. The van der Waals surface area contributed by atoms with E-state index in [-0.39, 0.29) is 31.1 Å². The molecule has 1 unspecified atom stereocenters. The van der Waals surface area contributed by atoms with Crippen LogP contribution in [0.3, 0.4) is 0 Å². The van der Waals surface area contributed by atoms with E-state index in [0.29, 0.717) is 11.0 Å². The van der Waals surface area contributed by atoms with Gasteiger partial charge < -0.3 is 10.1 Å². The highest BCUT2D eigenvalue weighted by atomic mass is 35.5. The molecule has 0 radical (unpaired) electrons. The summed E-state index contributed by atoms with van der Waals surface area (Å²) in [5.41, 5.74) is -1.81. The van der Waals surface area contributed by atoms with Gasteiger partial charge in [0.1, 0.15) is 0 Å². The van der Waals surface area contributed by atoms with Crippen molar-refractivity contribution in [3.05, 3.63) is 29.4 Å². The van der Waals surface area contributed by atoms with Crippen molar-refractivity contribution in [2.24, 2.45) is 0 Å². The minimum Gasteiger partial charge on any atom is -0.459 e. The highest BCUT2D eigenvalue weighted by Gasteiger charge is 2.57. The Morgan fingerprint density at radius 1 is 1.12 bits per heavy atom. The number of para-hydroxylation sites is 2. The minimum absolute atomic E-state index is 0.142. The van der Waals surface area contributed by atoms with E-state index in [0.717, 1.165) is 0 Å². The van der Waals surface area contributed by atoms with Crippen LogP contribution >= 0.6 is 11.6 Å². The van der Waals surface area contributed by atoms with E-state index in [1.54, 1.807) is 24.3 Å². The van der Waals surface area contributed by atoms with E-state index < -0.39 is 23.8 Å². The molecule has 1 aliphatic heterocycles. The second kappa shape index (κ2) is 6.33. The quantitative estimate of drug-likeness (QED) is 0.845. The smallest absolute Gasteiger partial charge is 0.428 e. The minimum atomic E-state index is -4.90. The Bertz CT molecular complexity index is 734. The Morgan fingerprint density at radius 3 is 2.29 bits per heavy atom. The van der Waals surface area contributed by atoms with Gasteiger partial charge in [0.2, 0.25) is 6.10 Å². The first-order valence-corrected chi connectivity index (χ1v) is 7.73. The van der Waals surface area contributed by atoms with Gasteiger partial charge in [-0.1, -0.05) is 23.7 Å². The maximum Gasteiger partial charge on any atom is 0.428 e. The molecular weight excluding hydrogens is 350 g/mol. The number of halogens is 5. The van der Waals surface area contributed by atoms with Gasteiger partial charge in [0.25, 0.3) is 5.88 Å². The number of benzene rings is 1. The lowest BCUT2D eigenvalue weighted by Gasteiger charge is -2.37. The molecule has 130 valence electrons. The van der Waals surface area contributed by atoms with E-state index in [1.165, 1.54) is 0 Å². The molecule has 0 bridgehead atoms. The van der Waals surface area contributed by atoms with Crippen molar-refractivity contribution in [3.63, 3.8) is 0 Å². The molecule has 2 aromatic rings. The van der Waals surface area contributed by atoms with Crippen LogP contribution < -0.4 is 10.1 Å². The molecule has 0 saturated carbocycles. The maximum absolute atomic E-state index is 14.9. The van der Waals surface area contributed by atoms with Crippen molar-refractivity contribution in [3.8, 4) is 5.88 Å². The normalized spacial score (nSPS) is 19.2. The molecule has 9 heteroatoms. The Balaban J connectivity index is 1.97. The number of aromatic nitrogens is 2. The van der Waals surface area contributed by atoms with Crippen molar-refractivity contribution >= 4 is 22.6 Å². The third kappa shape index (κ3) is 3.39. The van der Waals surface area contributed by atoms with Crippen LogP contribution in [0.25, 0.3) is 11.0 Å². The summed E-state index contributed by atoms with van der Waals surface area (Å²) in [5.74, 6) is -0.520. The molecule has 0 amide bonds. The number of hydrogen-bond donors (Lipinski definition) is 1. The van der Waals surface area contributed by atoms with Crippen LogP contribution in [0.1, 0.15) is 12.8 Å². The molecule has 1 saturated heterocycles. The van der Waals surface area contributed by atoms with Crippen molar-refractivity contribution in [2.45, 2.75) is 30.8 Å². The second-order valence-electron chi connectivity index (χ2n) is 5.63. The van der Waals surface area contributed by atoms with Gasteiger partial charge in [-0.25, -0.2) is 14.4 Å². The monoisotopic (exact) mass is 363 g/mol. The van der Waals surface area contributed by atoms with Gasteiger partial charge in [-0.3, -0.25) is 0 Å². The fourth-order valence-corrected chi connectivity index (χ4v) is 2.90. The van der Waals surface area contributed by atoms with Gasteiger partial charge in [-0.05, 0) is 38.1 Å². The van der Waals surface area contributed by atoms with Crippen molar-refractivity contribution in [1.29, 1.82) is 0 Å². The molecule has 1 aromatic heterocycles. The lowest BCUT2D eigenvalue weighted by atomic mass is 9.88. The lowest BCUT2D eigenvalue weighted by molar-refractivity contribution is -0.236. The van der Waals surface area contributed by atoms with Gasteiger partial charge in [-0.15, -0.1) is 0 Å². The summed E-state index contributed by atoms with van der Waals surface area (Å²) in [5, 5.41) is 2.50. The number of nitrogens with one attached hydrogen (secondary N) is 1. The van der Waals surface area contributed by atoms with Crippen molar-refractivity contribution in [1.82, 2.24) is 15.3 Å². The molecule has 1 aliphatic rings. The number of alkyl halides is 4. The predicted octanol–water partition coefficient (Wildman–Crippen LogP) is 3.68. The SMILES string of the molecule is FC(F)(F)C(Oc1nc2ccccc2nc1Cl)C1(F)CCNCC1. The van der Waals surface area contributed by atoms with Gasteiger partial charge in [0.15, 0.2) is 10.8 Å². The molecule has 24 heavy (non-hydrogen) atoms. The summed E-state index contributed by atoms with van der Waals surface area (Å²) in [6.45, 7) is 0.285. The molecule has 1 fully saturated rings. The lowest BCUT2D eigenvalue weighted by Crippen LogP contribution is -2.56. The molecule has 1 aromatic carbocycles.